The number of fused-ring (bicyclic) bond motifs is 1. The van der Waals surface area contributed by atoms with Gasteiger partial charge in [0.25, 0.3) is 5.91 Å². The summed E-state index contributed by atoms with van der Waals surface area (Å²) in [4.78, 5) is 28.3. The molecule has 1 heterocycles. The number of anilines is 2. The molecule has 6 heteroatoms. The summed E-state index contributed by atoms with van der Waals surface area (Å²) in [5.41, 5.74) is 12.7. The van der Waals surface area contributed by atoms with E-state index in [0.717, 1.165) is 28.8 Å². The molecule has 0 saturated carbocycles. The van der Waals surface area contributed by atoms with Gasteiger partial charge in [0.2, 0.25) is 0 Å². The molecule has 1 aliphatic rings. The van der Waals surface area contributed by atoms with E-state index in [0.29, 0.717) is 17.8 Å². The smallest absolute Gasteiger partial charge is 0.334 e. The maximum absolute atomic E-state index is 12.9. The summed E-state index contributed by atoms with van der Waals surface area (Å²) in [6.45, 7) is 6.38. The van der Waals surface area contributed by atoms with Crippen LogP contribution in [0.1, 0.15) is 28.4 Å². The van der Waals surface area contributed by atoms with Gasteiger partial charge in [0.15, 0.2) is 0 Å². The number of hydrogen-bond donors (Lipinski definition) is 1. The van der Waals surface area contributed by atoms with Gasteiger partial charge in [0.1, 0.15) is 0 Å². The highest BCUT2D eigenvalue weighted by Crippen LogP contribution is 2.37. The number of nitrogens with zero attached hydrogens (tertiary/aromatic N) is 2. The Bertz CT molecular complexity index is 995. The first-order chi connectivity index (χ1) is 13.8. The summed E-state index contributed by atoms with van der Waals surface area (Å²) in [5.74, 6) is -0.670. The predicted octanol–water partition coefficient (Wildman–Crippen LogP) is 3.25. The Kier molecular flexibility index (Phi) is 5.64. The van der Waals surface area contributed by atoms with Crippen molar-refractivity contribution in [2.45, 2.75) is 19.9 Å². The maximum Gasteiger partial charge on any atom is 0.334 e. The lowest BCUT2D eigenvalue weighted by Crippen LogP contribution is -2.28. The summed E-state index contributed by atoms with van der Waals surface area (Å²) in [6.07, 6.45) is 0.935. The number of amides is 1. The van der Waals surface area contributed by atoms with Crippen LogP contribution in [0.5, 0.6) is 0 Å². The van der Waals surface area contributed by atoms with Crippen LogP contribution < -0.4 is 10.6 Å². The zero-order valence-corrected chi connectivity index (χ0v) is 17.4. The van der Waals surface area contributed by atoms with E-state index in [9.17, 15) is 9.59 Å². The number of benzene rings is 2. The standard InChI is InChI=1S/C23H27N3O3/c1-6-15-7-8-16(9-21(15)25(3)4)18-10-17(24)11-19-20(18)13-26(22(19)27)12-14(2)23(28)29-5/h7-11H,2,6,12-13,24H2,1,3-5H3. The van der Waals surface area contributed by atoms with Gasteiger partial charge in [-0.3, -0.25) is 4.79 Å². The second kappa shape index (κ2) is 7.99. The van der Waals surface area contributed by atoms with Crippen LogP contribution in [-0.2, 0) is 22.5 Å². The van der Waals surface area contributed by atoms with Crippen LogP contribution in [0, 0.1) is 0 Å². The minimum atomic E-state index is -0.515. The van der Waals surface area contributed by atoms with Crippen LogP contribution in [0.4, 0.5) is 11.4 Å². The van der Waals surface area contributed by atoms with Crippen molar-refractivity contribution >= 4 is 23.3 Å². The van der Waals surface area contributed by atoms with Gasteiger partial charge in [-0.15, -0.1) is 0 Å². The topological polar surface area (TPSA) is 75.9 Å². The third-order valence-electron chi connectivity index (χ3n) is 5.25. The van der Waals surface area contributed by atoms with Crippen molar-refractivity contribution in [2.24, 2.45) is 0 Å². The largest absolute Gasteiger partial charge is 0.466 e. The van der Waals surface area contributed by atoms with Gasteiger partial charge < -0.3 is 20.3 Å². The van der Waals surface area contributed by atoms with E-state index in [1.54, 1.807) is 11.0 Å². The van der Waals surface area contributed by atoms with E-state index in [-0.39, 0.29) is 18.0 Å². The average molecular weight is 393 g/mol. The van der Waals surface area contributed by atoms with Gasteiger partial charge in [0.05, 0.1) is 13.7 Å². The fraction of sp³-hybridized carbons (Fsp3) is 0.304. The van der Waals surface area contributed by atoms with Gasteiger partial charge in [-0.25, -0.2) is 4.79 Å². The third kappa shape index (κ3) is 3.83. The molecular formula is C23H27N3O3. The number of nitrogen functional groups attached to an aromatic ring is 1. The highest BCUT2D eigenvalue weighted by atomic mass is 16.5. The van der Waals surface area contributed by atoms with Crippen molar-refractivity contribution in [3.63, 3.8) is 0 Å². The predicted molar refractivity (Wildman–Crippen MR) is 116 cm³/mol. The van der Waals surface area contributed by atoms with Crippen molar-refractivity contribution in [1.82, 2.24) is 4.90 Å². The Morgan fingerprint density at radius 2 is 1.93 bits per heavy atom. The number of carbonyl (C=O) groups excluding carboxylic acids is 2. The summed E-state index contributed by atoms with van der Waals surface area (Å²) >= 11 is 0. The molecule has 0 radical (unpaired) electrons. The Balaban J connectivity index is 2.03. The molecule has 29 heavy (non-hydrogen) atoms. The van der Waals surface area contributed by atoms with Gasteiger partial charge in [-0.05, 0) is 46.9 Å². The summed E-state index contributed by atoms with van der Waals surface area (Å²) < 4.78 is 4.70. The van der Waals surface area contributed by atoms with E-state index >= 15 is 0 Å². The normalized spacial score (nSPS) is 12.7. The lowest BCUT2D eigenvalue weighted by atomic mass is 9.94. The maximum atomic E-state index is 12.9. The molecule has 0 unspecified atom stereocenters. The van der Waals surface area contributed by atoms with Crippen LogP contribution in [-0.4, -0.2) is 44.5 Å². The molecular weight excluding hydrogens is 366 g/mol. The van der Waals surface area contributed by atoms with Crippen LogP contribution in [0.25, 0.3) is 11.1 Å². The Labute approximate surface area is 171 Å². The molecule has 2 N–H and O–H groups in total. The number of methoxy groups -OCH3 is 1. The van der Waals surface area contributed by atoms with E-state index in [2.05, 4.69) is 36.6 Å². The molecule has 3 rings (SSSR count). The van der Waals surface area contributed by atoms with Gasteiger partial charge in [-0.2, -0.15) is 0 Å². The quantitative estimate of drug-likeness (QED) is 0.463. The highest BCUT2D eigenvalue weighted by molar-refractivity contribution is 6.02. The lowest BCUT2D eigenvalue weighted by molar-refractivity contribution is -0.136. The number of hydrogen-bond acceptors (Lipinski definition) is 5. The first kappa shape index (κ1) is 20.5. The summed E-state index contributed by atoms with van der Waals surface area (Å²) in [7, 11) is 5.34. The molecule has 2 aromatic rings. The Hall–Kier alpha value is -3.28. The first-order valence-corrected chi connectivity index (χ1v) is 9.55. The number of aryl methyl sites for hydroxylation is 1. The van der Waals surface area contributed by atoms with Crippen LogP contribution in [0.3, 0.4) is 0 Å². The van der Waals surface area contributed by atoms with Gasteiger partial charge in [-0.1, -0.05) is 25.6 Å². The molecule has 152 valence electrons. The molecule has 0 atom stereocenters. The number of rotatable bonds is 6. The molecule has 1 aliphatic heterocycles. The zero-order chi connectivity index (χ0) is 21.3. The second-order valence-corrected chi connectivity index (χ2v) is 7.44. The van der Waals surface area contributed by atoms with Crippen molar-refractivity contribution in [1.29, 1.82) is 0 Å². The summed E-state index contributed by atoms with van der Waals surface area (Å²) in [5, 5.41) is 0. The molecule has 0 fully saturated rings. The number of ether oxygens (including phenoxy) is 1. The Morgan fingerprint density at radius 3 is 2.55 bits per heavy atom. The number of esters is 1. The molecule has 2 aromatic carbocycles. The Morgan fingerprint density at radius 1 is 1.24 bits per heavy atom. The molecule has 0 aromatic heterocycles. The van der Waals surface area contributed by atoms with E-state index in [4.69, 9.17) is 10.5 Å². The van der Waals surface area contributed by atoms with Crippen molar-refractivity contribution in [2.75, 3.05) is 38.4 Å². The number of nitrogens with two attached hydrogens (primary N) is 1. The minimum absolute atomic E-state index is 0.122. The monoisotopic (exact) mass is 393 g/mol. The minimum Gasteiger partial charge on any atom is -0.466 e. The lowest BCUT2D eigenvalue weighted by Gasteiger charge is -2.19. The fourth-order valence-electron chi connectivity index (χ4n) is 3.76. The van der Waals surface area contributed by atoms with E-state index in [1.807, 2.05) is 20.2 Å². The molecule has 1 amide bonds. The van der Waals surface area contributed by atoms with Gasteiger partial charge in [0, 0.05) is 43.2 Å². The molecule has 0 spiro atoms. The van der Waals surface area contributed by atoms with Crippen molar-refractivity contribution in [3.8, 4) is 11.1 Å². The van der Waals surface area contributed by atoms with Crippen molar-refractivity contribution < 1.29 is 14.3 Å². The molecule has 6 nitrogen and oxygen atoms in total. The molecule has 0 aliphatic carbocycles. The molecule has 0 saturated heterocycles. The highest BCUT2D eigenvalue weighted by Gasteiger charge is 2.31. The van der Waals surface area contributed by atoms with E-state index < -0.39 is 5.97 Å². The third-order valence-corrected chi connectivity index (χ3v) is 5.25. The average Bonchev–Trinajstić information content (AvgIpc) is 3.01. The van der Waals surface area contributed by atoms with Crippen molar-refractivity contribution in [3.05, 3.63) is 59.2 Å². The SMILES string of the molecule is C=C(CN1Cc2c(cc(N)cc2-c2ccc(CC)c(N(C)C)c2)C1=O)C(=O)OC. The zero-order valence-electron chi connectivity index (χ0n) is 17.4. The fourth-order valence-corrected chi connectivity index (χ4v) is 3.76. The molecule has 0 bridgehead atoms. The second-order valence-electron chi connectivity index (χ2n) is 7.44. The van der Waals surface area contributed by atoms with E-state index in [1.165, 1.54) is 12.7 Å². The van der Waals surface area contributed by atoms with Crippen LogP contribution >= 0.6 is 0 Å². The van der Waals surface area contributed by atoms with Crippen LogP contribution in [0.15, 0.2) is 42.5 Å². The number of carbonyl (C=O) groups is 2. The first-order valence-electron chi connectivity index (χ1n) is 9.55. The van der Waals surface area contributed by atoms with Gasteiger partial charge >= 0.3 is 5.97 Å². The van der Waals surface area contributed by atoms with Crippen LogP contribution in [0.2, 0.25) is 0 Å². The summed E-state index contributed by atoms with van der Waals surface area (Å²) in [6, 6.07) is 9.93.